The van der Waals surface area contributed by atoms with E-state index in [1.807, 2.05) is 26.8 Å². The van der Waals surface area contributed by atoms with Gasteiger partial charge in [0.1, 0.15) is 17.4 Å². The van der Waals surface area contributed by atoms with Gasteiger partial charge in [0, 0.05) is 12.6 Å². The van der Waals surface area contributed by atoms with Crippen LogP contribution in [0.1, 0.15) is 37.4 Å². The molecule has 0 aliphatic heterocycles. The van der Waals surface area contributed by atoms with E-state index in [1.54, 1.807) is 18.3 Å². The fraction of sp³-hybridized carbons (Fsp3) is 0.381. The van der Waals surface area contributed by atoms with E-state index in [4.69, 9.17) is 4.74 Å². The number of imidazole rings is 1. The largest absolute Gasteiger partial charge is 0.468 e. The number of hydrogen-bond donors (Lipinski definition) is 2. The number of ether oxygens (including phenoxy) is 1. The molecular formula is C21H26N4O4S. The number of nitrogens with one attached hydrogen (secondary N) is 2. The summed E-state index contributed by atoms with van der Waals surface area (Å²) in [6, 6.07) is 7.47. The van der Waals surface area contributed by atoms with Crippen molar-refractivity contribution in [2.45, 2.75) is 44.6 Å². The van der Waals surface area contributed by atoms with E-state index in [-0.39, 0.29) is 10.8 Å². The third-order valence-electron chi connectivity index (χ3n) is 4.69. The van der Waals surface area contributed by atoms with Crippen molar-refractivity contribution in [2.24, 2.45) is 5.92 Å². The molecule has 0 radical (unpaired) electrons. The molecule has 8 nitrogen and oxygen atoms in total. The first kappa shape index (κ1) is 21.9. The van der Waals surface area contributed by atoms with Gasteiger partial charge in [-0.2, -0.15) is 4.72 Å². The summed E-state index contributed by atoms with van der Waals surface area (Å²) in [6.45, 7) is 5.71. The van der Waals surface area contributed by atoms with Crippen LogP contribution in [-0.4, -0.2) is 42.5 Å². The second-order valence-corrected chi connectivity index (χ2v) is 9.34. The number of H-pyrrole nitrogens is 1. The van der Waals surface area contributed by atoms with Crippen LogP contribution in [-0.2, 0) is 26.0 Å². The third-order valence-corrected chi connectivity index (χ3v) is 6.18. The number of nitrogens with zero attached hydrogens (tertiary/aromatic N) is 2. The second kappa shape index (κ2) is 8.93. The van der Waals surface area contributed by atoms with Crippen LogP contribution in [0.25, 0.3) is 11.0 Å². The van der Waals surface area contributed by atoms with E-state index in [0.29, 0.717) is 12.8 Å². The van der Waals surface area contributed by atoms with Crippen molar-refractivity contribution in [3.63, 3.8) is 0 Å². The number of rotatable bonds is 8. The van der Waals surface area contributed by atoms with Gasteiger partial charge in [0.2, 0.25) is 10.0 Å². The number of carbonyl (C=O) groups excluding carboxylic acids is 1. The van der Waals surface area contributed by atoms with E-state index in [1.165, 1.54) is 19.2 Å². The number of benzene rings is 1. The lowest BCUT2D eigenvalue weighted by Crippen LogP contribution is -2.42. The monoisotopic (exact) mass is 430 g/mol. The van der Waals surface area contributed by atoms with Crippen molar-refractivity contribution < 1.29 is 17.9 Å². The maximum atomic E-state index is 12.7. The summed E-state index contributed by atoms with van der Waals surface area (Å²) < 4.78 is 32.7. The predicted molar refractivity (Wildman–Crippen MR) is 113 cm³/mol. The van der Waals surface area contributed by atoms with E-state index in [2.05, 4.69) is 19.7 Å². The summed E-state index contributed by atoms with van der Waals surface area (Å²) in [5.41, 5.74) is 3.44. The quantitative estimate of drug-likeness (QED) is 0.531. The fourth-order valence-corrected chi connectivity index (χ4v) is 4.48. The lowest BCUT2D eigenvalue weighted by molar-refractivity contribution is -0.143. The van der Waals surface area contributed by atoms with Crippen molar-refractivity contribution >= 4 is 27.0 Å². The highest BCUT2D eigenvalue weighted by Gasteiger charge is 2.27. The van der Waals surface area contributed by atoms with Gasteiger partial charge in [0.25, 0.3) is 0 Å². The molecule has 0 aliphatic rings. The first-order valence-corrected chi connectivity index (χ1v) is 11.2. The minimum absolute atomic E-state index is 0.0886. The molecule has 0 saturated heterocycles. The number of aromatic amines is 1. The maximum Gasteiger partial charge on any atom is 0.323 e. The van der Waals surface area contributed by atoms with Gasteiger partial charge in [-0.05, 0) is 43.0 Å². The molecule has 0 aliphatic carbocycles. The predicted octanol–water partition coefficient (Wildman–Crippen LogP) is 2.72. The standard InChI is InChI=1S/C21H26N4O4S/c1-13(2)11-19(21(26)29-4)25-30(27,28)16-7-5-15(6-8-16)12-18-20-17(9-10-22-18)23-14(3)24-20/h5-10,13,19,25H,11-12H2,1-4H3,(H,23,24)/t19-/m0/s1. The number of esters is 1. The van der Waals surface area contributed by atoms with E-state index >= 15 is 0 Å². The van der Waals surface area contributed by atoms with Gasteiger partial charge in [-0.15, -0.1) is 0 Å². The SMILES string of the molecule is COC(=O)[C@H](CC(C)C)NS(=O)(=O)c1ccc(Cc2nccc3[nH]c(C)nc23)cc1. The Morgan fingerprint density at radius 2 is 1.90 bits per heavy atom. The number of aryl methyl sites for hydroxylation is 1. The van der Waals surface area contributed by atoms with Crippen molar-refractivity contribution in [3.05, 3.63) is 53.6 Å². The molecule has 9 heteroatoms. The molecular weight excluding hydrogens is 404 g/mol. The average molecular weight is 431 g/mol. The summed E-state index contributed by atoms with van der Waals surface area (Å²) in [4.78, 5) is 24.1. The average Bonchev–Trinajstić information content (AvgIpc) is 3.08. The highest BCUT2D eigenvalue weighted by Crippen LogP contribution is 2.19. The molecule has 0 fully saturated rings. The zero-order valence-corrected chi connectivity index (χ0v) is 18.3. The third kappa shape index (κ3) is 5.03. The van der Waals surface area contributed by atoms with Gasteiger partial charge in [0.15, 0.2) is 0 Å². The van der Waals surface area contributed by atoms with Crippen LogP contribution in [0, 0.1) is 12.8 Å². The number of aromatic nitrogens is 3. The fourth-order valence-electron chi connectivity index (χ4n) is 3.28. The molecule has 2 heterocycles. The Hall–Kier alpha value is -2.78. The smallest absolute Gasteiger partial charge is 0.323 e. The van der Waals surface area contributed by atoms with Gasteiger partial charge in [-0.1, -0.05) is 26.0 Å². The zero-order chi connectivity index (χ0) is 21.9. The minimum Gasteiger partial charge on any atom is -0.468 e. The van der Waals surface area contributed by atoms with Crippen molar-refractivity contribution in [2.75, 3.05) is 7.11 Å². The number of fused-ring (bicyclic) bond motifs is 1. The first-order chi connectivity index (χ1) is 14.2. The molecule has 0 unspecified atom stereocenters. The molecule has 1 aromatic carbocycles. The molecule has 2 N–H and O–H groups in total. The Morgan fingerprint density at radius 1 is 1.20 bits per heavy atom. The lowest BCUT2D eigenvalue weighted by Gasteiger charge is -2.18. The first-order valence-electron chi connectivity index (χ1n) is 9.69. The Balaban J connectivity index is 1.79. The van der Waals surface area contributed by atoms with Crippen LogP contribution in [0.4, 0.5) is 0 Å². The summed E-state index contributed by atoms with van der Waals surface area (Å²) in [6.07, 6.45) is 2.59. The van der Waals surface area contributed by atoms with Gasteiger partial charge in [-0.3, -0.25) is 9.78 Å². The van der Waals surface area contributed by atoms with Crippen LogP contribution >= 0.6 is 0 Å². The maximum absolute atomic E-state index is 12.7. The summed E-state index contributed by atoms with van der Waals surface area (Å²) in [5, 5.41) is 0. The zero-order valence-electron chi connectivity index (χ0n) is 17.5. The highest BCUT2D eigenvalue weighted by atomic mass is 32.2. The molecule has 30 heavy (non-hydrogen) atoms. The highest BCUT2D eigenvalue weighted by molar-refractivity contribution is 7.89. The number of sulfonamides is 1. The normalized spacial score (nSPS) is 13.0. The Labute approximate surface area is 176 Å². The lowest BCUT2D eigenvalue weighted by atomic mass is 10.1. The van der Waals surface area contributed by atoms with Gasteiger partial charge in [0.05, 0.1) is 23.2 Å². The molecule has 160 valence electrons. The van der Waals surface area contributed by atoms with Crippen LogP contribution < -0.4 is 4.72 Å². The molecule has 0 saturated carbocycles. The Morgan fingerprint density at radius 3 is 2.53 bits per heavy atom. The number of hydrogen-bond acceptors (Lipinski definition) is 6. The van der Waals surface area contributed by atoms with Crippen LogP contribution in [0.2, 0.25) is 0 Å². The molecule has 0 bridgehead atoms. The summed E-state index contributed by atoms with van der Waals surface area (Å²) in [7, 11) is -2.62. The van der Waals surface area contributed by atoms with Crippen LogP contribution in [0.3, 0.4) is 0 Å². The second-order valence-electron chi connectivity index (χ2n) is 7.62. The van der Waals surface area contributed by atoms with Crippen molar-refractivity contribution in [1.29, 1.82) is 0 Å². The molecule has 1 atom stereocenters. The molecule has 3 aromatic rings. The summed E-state index contributed by atoms with van der Waals surface area (Å²) in [5.74, 6) is 0.339. The summed E-state index contributed by atoms with van der Waals surface area (Å²) >= 11 is 0. The topological polar surface area (TPSA) is 114 Å². The van der Waals surface area contributed by atoms with Crippen molar-refractivity contribution in [1.82, 2.24) is 19.7 Å². The van der Waals surface area contributed by atoms with Crippen LogP contribution in [0.5, 0.6) is 0 Å². The van der Waals surface area contributed by atoms with Crippen LogP contribution in [0.15, 0.2) is 41.4 Å². The Bertz CT molecular complexity index is 1140. The van der Waals surface area contributed by atoms with E-state index < -0.39 is 22.0 Å². The number of pyridine rings is 1. The Kier molecular flexibility index (Phi) is 6.52. The van der Waals surface area contributed by atoms with Gasteiger partial charge >= 0.3 is 5.97 Å². The molecule has 0 amide bonds. The van der Waals surface area contributed by atoms with E-state index in [0.717, 1.165) is 28.1 Å². The van der Waals surface area contributed by atoms with Gasteiger partial charge < -0.3 is 9.72 Å². The number of carbonyl (C=O) groups is 1. The van der Waals surface area contributed by atoms with E-state index in [9.17, 15) is 13.2 Å². The number of methoxy groups -OCH3 is 1. The molecule has 3 rings (SSSR count). The molecule has 2 aromatic heterocycles. The van der Waals surface area contributed by atoms with Crippen molar-refractivity contribution in [3.8, 4) is 0 Å². The molecule has 0 spiro atoms. The minimum atomic E-state index is -3.86. The van der Waals surface area contributed by atoms with Gasteiger partial charge in [-0.25, -0.2) is 13.4 Å².